The van der Waals surface area contributed by atoms with E-state index >= 15 is 0 Å². The number of aromatic nitrogens is 2. The van der Waals surface area contributed by atoms with Gasteiger partial charge in [0.05, 0.1) is 5.52 Å². The number of piperidine rings is 1. The number of nitrogens with zero attached hydrogens (tertiary/aromatic N) is 3. The maximum Gasteiger partial charge on any atom is 0.150 e. The molecule has 0 aliphatic carbocycles. The Balaban J connectivity index is 1.44. The second-order valence-corrected chi connectivity index (χ2v) is 7.33. The van der Waals surface area contributed by atoms with Crippen molar-refractivity contribution in [2.24, 2.45) is 0 Å². The standard InChI is InChI=1S/C20H18ClF2N3O2/c21-13-10-14(22)19(15(23)11-13)26-8-4-20(27,5-9-26)12-28-17-3-1-2-16-18(17)25-7-6-24-16/h1-3,6-7,10-11,27H,4-5,8-9,12H2. The molecule has 1 fully saturated rings. The number of fused-ring (bicyclic) bond motifs is 1. The molecule has 0 unspecified atom stereocenters. The van der Waals surface area contributed by atoms with Gasteiger partial charge in [0.25, 0.3) is 0 Å². The molecule has 2 heterocycles. The zero-order chi connectivity index (χ0) is 19.7. The number of para-hydroxylation sites is 1. The number of halogens is 3. The first-order valence-corrected chi connectivity index (χ1v) is 9.27. The summed E-state index contributed by atoms with van der Waals surface area (Å²) in [4.78, 5) is 10.1. The summed E-state index contributed by atoms with van der Waals surface area (Å²) in [6.45, 7) is 0.650. The summed E-state index contributed by atoms with van der Waals surface area (Å²) in [5.74, 6) is -0.877. The van der Waals surface area contributed by atoms with E-state index in [4.69, 9.17) is 16.3 Å². The number of hydrogen-bond acceptors (Lipinski definition) is 5. The molecule has 0 bridgehead atoms. The topological polar surface area (TPSA) is 58.5 Å². The zero-order valence-electron chi connectivity index (χ0n) is 14.9. The van der Waals surface area contributed by atoms with Gasteiger partial charge >= 0.3 is 0 Å². The Labute approximate surface area is 165 Å². The fourth-order valence-electron chi connectivity index (χ4n) is 3.42. The fraction of sp³-hybridized carbons (Fsp3) is 0.300. The molecule has 0 amide bonds. The summed E-state index contributed by atoms with van der Waals surface area (Å²) in [5.41, 5.74) is 0.115. The van der Waals surface area contributed by atoms with Gasteiger partial charge in [-0.1, -0.05) is 17.7 Å². The van der Waals surface area contributed by atoms with Gasteiger partial charge in [-0.25, -0.2) is 13.8 Å². The van der Waals surface area contributed by atoms with Crippen LogP contribution in [0.5, 0.6) is 5.75 Å². The van der Waals surface area contributed by atoms with E-state index in [0.717, 1.165) is 12.1 Å². The van der Waals surface area contributed by atoms with Crippen LogP contribution < -0.4 is 9.64 Å². The largest absolute Gasteiger partial charge is 0.488 e. The van der Waals surface area contributed by atoms with E-state index in [-0.39, 0.29) is 17.3 Å². The molecular weight excluding hydrogens is 388 g/mol. The van der Waals surface area contributed by atoms with Crippen LogP contribution in [0.4, 0.5) is 14.5 Å². The Morgan fingerprint density at radius 1 is 1.11 bits per heavy atom. The van der Waals surface area contributed by atoms with E-state index in [1.165, 1.54) is 0 Å². The zero-order valence-corrected chi connectivity index (χ0v) is 15.7. The van der Waals surface area contributed by atoms with Gasteiger partial charge in [0.2, 0.25) is 0 Å². The number of aliphatic hydroxyl groups is 1. The van der Waals surface area contributed by atoms with Crippen molar-refractivity contribution in [2.75, 3.05) is 24.6 Å². The molecule has 0 atom stereocenters. The van der Waals surface area contributed by atoms with Gasteiger partial charge < -0.3 is 14.7 Å². The summed E-state index contributed by atoms with van der Waals surface area (Å²) in [6.07, 6.45) is 3.80. The third-order valence-corrected chi connectivity index (χ3v) is 5.17. The third kappa shape index (κ3) is 3.72. The molecule has 5 nitrogen and oxygen atoms in total. The Kier molecular flexibility index (Phi) is 5.03. The minimum Gasteiger partial charge on any atom is -0.488 e. The molecular formula is C20H18ClF2N3O2. The van der Waals surface area contributed by atoms with Gasteiger partial charge in [-0.05, 0) is 37.1 Å². The lowest BCUT2D eigenvalue weighted by atomic mass is 9.92. The molecule has 1 saturated heterocycles. The number of benzene rings is 2. The number of anilines is 1. The molecule has 1 aliphatic heterocycles. The first-order chi connectivity index (χ1) is 13.5. The van der Waals surface area contributed by atoms with E-state index in [0.29, 0.717) is 42.7 Å². The van der Waals surface area contributed by atoms with Crippen molar-refractivity contribution >= 4 is 28.3 Å². The van der Waals surface area contributed by atoms with E-state index in [1.807, 2.05) is 12.1 Å². The van der Waals surface area contributed by atoms with Gasteiger partial charge in [-0.15, -0.1) is 0 Å². The van der Waals surface area contributed by atoms with Crippen LogP contribution in [0.1, 0.15) is 12.8 Å². The highest BCUT2D eigenvalue weighted by atomic mass is 35.5. The van der Waals surface area contributed by atoms with Crippen molar-refractivity contribution in [1.82, 2.24) is 9.97 Å². The molecule has 3 aromatic rings. The van der Waals surface area contributed by atoms with Crippen molar-refractivity contribution in [2.45, 2.75) is 18.4 Å². The average molecular weight is 406 g/mol. The summed E-state index contributed by atoms with van der Waals surface area (Å²) in [5, 5.41) is 10.9. The normalized spacial score (nSPS) is 16.4. The monoisotopic (exact) mass is 405 g/mol. The molecule has 0 spiro atoms. The minimum absolute atomic E-state index is 0.0128. The van der Waals surface area contributed by atoms with Crippen molar-refractivity contribution in [3.63, 3.8) is 0 Å². The quantitative estimate of drug-likeness (QED) is 0.711. The Hall–Kier alpha value is -2.51. The van der Waals surface area contributed by atoms with Gasteiger partial charge in [0.15, 0.2) is 11.6 Å². The van der Waals surface area contributed by atoms with Crippen molar-refractivity contribution in [1.29, 1.82) is 0 Å². The second kappa shape index (κ2) is 7.48. The van der Waals surface area contributed by atoms with Crippen molar-refractivity contribution in [3.8, 4) is 5.75 Å². The summed E-state index contributed by atoms with van der Waals surface area (Å²) in [7, 11) is 0. The highest BCUT2D eigenvalue weighted by molar-refractivity contribution is 6.30. The van der Waals surface area contributed by atoms with Gasteiger partial charge in [0, 0.05) is 30.5 Å². The van der Waals surface area contributed by atoms with E-state index in [9.17, 15) is 13.9 Å². The summed E-state index contributed by atoms with van der Waals surface area (Å²) in [6, 6.07) is 7.59. The molecule has 1 N–H and O–H groups in total. The van der Waals surface area contributed by atoms with Crippen LogP contribution in [-0.2, 0) is 0 Å². The molecule has 1 aliphatic rings. The lowest BCUT2D eigenvalue weighted by molar-refractivity contribution is -0.0239. The number of hydrogen-bond donors (Lipinski definition) is 1. The molecule has 0 saturated carbocycles. The Morgan fingerprint density at radius 2 is 1.79 bits per heavy atom. The summed E-state index contributed by atoms with van der Waals surface area (Å²) < 4.78 is 34.1. The molecule has 0 radical (unpaired) electrons. The molecule has 2 aromatic carbocycles. The van der Waals surface area contributed by atoms with Crippen LogP contribution in [-0.4, -0.2) is 40.4 Å². The molecule has 1 aromatic heterocycles. The first-order valence-electron chi connectivity index (χ1n) is 8.90. The lowest BCUT2D eigenvalue weighted by Gasteiger charge is -2.39. The van der Waals surface area contributed by atoms with Crippen LogP contribution >= 0.6 is 11.6 Å². The second-order valence-electron chi connectivity index (χ2n) is 6.90. The SMILES string of the molecule is OC1(COc2cccc3nccnc23)CCN(c2c(F)cc(Cl)cc2F)CC1. The van der Waals surface area contributed by atoms with Gasteiger partial charge in [-0.3, -0.25) is 4.98 Å². The molecule has 8 heteroatoms. The fourth-order valence-corrected chi connectivity index (χ4v) is 3.61. The highest BCUT2D eigenvalue weighted by Gasteiger charge is 2.35. The Morgan fingerprint density at radius 3 is 2.50 bits per heavy atom. The number of ether oxygens (including phenoxy) is 1. The minimum atomic E-state index is -1.10. The molecule has 4 rings (SSSR count). The molecule has 146 valence electrons. The predicted octanol–water partition coefficient (Wildman–Crippen LogP) is 3.97. The van der Waals surface area contributed by atoms with E-state index in [2.05, 4.69) is 9.97 Å². The van der Waals surface area contributed by atoms with E-state index in [1.54, 1.807) is 23.4 Å². The highest BCUT2D eigenvalue weighted by Crippen LogP contribution is 2.32. The molecule has 28 heavy (non-hydrogen) atoms. The maximum absolute atomic E-state index is 14.1. The van der Waals surface area contributed by atoms with Crippen LogP contribution in [0.2, 0.25) is 5.02 Å². The summed E-state index contributed by atoms with van der Waals surface area (Å²) >= 11 is 5.68. The van der Waals surface area contributed by atoms with E-state index < -0.39 is 17.2 Å². The average Bonchev–Trinajstić information content (AvgIpc) is 2.67. The lowest BCUT2D eigenvalue weighted by Crippen LogP contribution is -2.48. The third-order valence-electron chi connectivity index (χ3n) is 4.95. The first kappa shape index (κ1) is 18.8. The van der Waals surface area contributed by atoms with Crippen molar-refractivity contribution in [3.05, 3.63) is 59.4 Å². The van der Waals surface area contributed by atoms with Crippen molar-refractivity contribution < 1.29 is 18.6 Å². The predicted molar refractivity (Wildman–Crippen MR) is 103 cm³/mol. The van der Waals surface area contributed by atoms with Gasteiger partial charge in [-0.2, -0.15) is 0 Å². The van der Waals surface area contributed by atoms with Crippen LogP contribution in [0.3, 0.4) is 0 Å². The van der Waals surface area contributed by atoms with Crippen LogP contribution in [0, 0.1) is 11.6 Å². The van der Waals surface area contributed by atoms with Crippen LogP contribution in [0.25, 0.3) is 11.0 Å². The smallest absolute Gasteiger partial charge is 0.150 e. The van der Waals surface area contributed by atoms with Crippen LogP contribution in [0.15, 0.2) is 42.7 Å². The number of rotatable bonds is 4. The Bertz CT molecular complexity index is 981. The maximum atomic E-state index is 14.1. The van der Waals surface area contributed by atoms with Gasteiger partial charge in [0.1, 0.15) is 29.2 Å².